The first-order chi connectivity index (χ1) is 6.75. The van der Waals surface area contributed by atoms with Crippen LogP contribution < -0.4 is 5.32 Å². The van der Waals surface area contributed by atoms with E-state index in [0.717, 1.165) is 5.01 Å². The Morgan fingerprint density at radius 3 is 2.93 bits per heavy atom. The summed E-state index contributed by atoms with van der Waals surface area (Å²) in [6, 6.07) is 0.528. The van der Waals surface area contributed by atoms with Gasteiger partial charge >= 0.3 is 6.01 Å². The lowest BCUT2D eigenvalue weighted by Gasteiger charge is -2.07. The van der Waals surface area contributed by atoms with Crippen molar-refractivity contribution in [3.63, 3.8) is 0 Å². The number of thiazole rings is 1. The molecule has 2 rings (SSSR count). The molecule has 6 heteroatoms. The molecule has 2 heterocycles. The van der Waals surface area contributed by atoms with Crippen molar-refractivity contribution in [2.75, 3.05) is 5.32 Å². The smallest absolute Gasteiger partial charge is 0.316 e. The quantitative estimate of drug-likeness (QED) is 0.839. The summed E-state index contributed by atoms with van der Waals surface area (Å²) >= 11 is 1.59. The Morgan fingerprint density at radius 1 is 1.50 bits per heavy atom. The minimum absolute atomic E-state index is 0.0925. The van der Waals surface area contributed by atoms with E-state index in [1.54, 1.807) is 24.5 Å². The van der Waals surface area contributed by atoms with Gasteiger partial charge in [-0.25, -0.2) is 4.98 Å². The highest BCUT2D eigenvalue weighted by Gasteiger charge is 2.10. The second kappa shape index (κ2) is 3.75. The average molecular weight is 210 g/mol. The lowest BCUT2D eigenvalue weighted by atomic mass is 10.4. The minimum Gasteiger partial charge on any atom is -0.408 e. The van der Waals surface area contributed by atoms with E-state index in [2.05, 4.69) is 20.5 Å². The zero-order chi connectivity index (χ0) is 9.97. The van der Waals surface area contributed by atoms with Crippen LogP contribution in [0.4, 0.5) is 6.01 Å². The molecule has 2 aromatic rings. The van der Waals surface area contributed by atoms with E-state index in [1.165, 1.54) is 0 Å². The Bertz CT molecular complexity index is 397. The molecule has 0 saturated heterocycles. The number of nitrogens with zero attached hydrogens (tertiary/aromatic N) is 3. The first kappa shape index (κ1) is 9.14. The maximum absolute atomic E-state index is 5.20. The third kappa shape index (κ3) is 1.90. The van der Waals surface area contributed by atoms with E-state index in [9.17, 15) is 0 Å². The molecule has 5 nitrogen and oxygen atoms in total. The lowest BCUT2D eigenvalue weighted by Crippen LogP contribution is -2.06. The van der Waals surface area contributed by atoms with E-state index in [1.807, 2.05) is 12.3 Å². The maximum Gasteiger partial charge on any atom is 0.316 e. The molecule has 0 aliphatic heterocycles. The molecule has 0 saturated carbocycles. The van der Waals surface area contributed by atoms with Gasteiger partial charge in [-0.3, -0.25) is 0 Å². The fraction of sp³-hybridized carbons (Fsp3) is 0.375. The van der Waals surface area contributed by atoms with Crippen LogP contribution in [-0.4, -0.2) is 15.2 Å². The van der Waals surface area contributed by atoms with Crippen molar-refractivity contribution < 1.29 is 4.42 Å². The largest absolute Gasteiger partial charge is 0.408 e. The molecule has 0 fully saturated rings. The van der Waals surface area contributed by atoms with Crippen molar-refractivity contribution in [3.8, 4) is 0 Å². The summed E-state index contributed by atoms with van der Waals surface area (Å²) in [5, 5.41) is 13.6. The number of rotatable bonds is 3. The summed E-state index contributed by atoms with van der Waals surface area (Å²) in [4.78, 5) is 4.19. The molecule has 0 aromatic carbocycles. The Balaban J connectivity index is 2.05. The Kier molecular flexibility index (Phi) is 2.45. The summed E-state index contributed by atoms with van der Waals surface area (Å²) in [5.74, 6) is 0.554. The van der Waals surface area contributed by atoms with Gasteiger partial charge in [0.2, 0.25) is 5.89 Å². The summed E-state index contributed by atoms with van der Waals surface area (Å²) in [6.45, 7) is 3.75. The van der Waals surface area contributed by atoms with Gasteiger partial charge in [-0.05, 0) is 6.92 Å². The Hall–Kier alpha value is -1.43. The second-order valence-electron chi connectivity index (χ2n) is 2.86. The van der Waals surface area contributed by atoms with Crippen molar-refractivity contribution in [1.82, 2.24) is 15.2 Å². The molecule has 74 valence electrons. The van der Waals surface area contributed by atoms with E-state index in [-0.39, 0.29) is 6.04 Å². The number of aryl methyl sites for hydroxylation is 1. The number of aromatic nitrogens is 3. The SMILES string of the molecule is Cc1nnc(NC(C)c2nccs2)o1. The molecule has 14 heavy (non-hydrogen) atoms. The van der Waals surface area contributed by atoms with E-state index in [4.69, 9.17) is 4.42 Å². The number of nitrogens with one attached hydrogen (secondary N) is 1. The van der Waals surface area contributed by atoms with Crippen LogP contribution >= 0.6 is 11.3 Å². The third-order valence-electron chi connectivity index (χ3n) is 1.69. The molecule has 0 aliphatic rings. The molecule has 0 spiro atoms. The normalized spacial score (nSPS) is 12.7. The van der Waals surface area contributed by atoms with Crippen LogP contribution in [0.1, 0.15) is 23.9 Å². The predicted octanol–water partition coefficient (Wildman–Crippen LogP) is 2.01. The fourth-order valence-electron chi connectivity index (χ4n) is 1.05. The molecular formula is C8H10N4OS. The van der Waals surface area contributed by atoms with Gasteiger partial charge in [0, 0.05) is 18.5 Å². The van der Waals surface area contributed by atoms with Crippen LogP contribution in [0.15, 0.2) is 16.0 Å². The van der Waals surface area contributed by atoms with Gasteiger partial charge in [0.1, 0.15) is 5.01 Å². The first-order valence-electron chi connectivity index (χ1n) is 4.22. The van der Waals surface area contributed by atoms with Gasteiger partial charge in [0.25, 0.3) is 0 Å². The molecule has 0 amide bonds. The lowest BCUT2D eigenvalue weighted by molar-refractivity contribution is 0.525. The second-order valence-corrected chi connectivity index (χ2v) is 3.79. The Morgan fingerprint density at radius 2 is 2.36 bits per heavy atom. The summed E-state index contributed by atoms with van der Waals surface area (Å²) in [5.41, 5.74) is 0. The van der Waals surface area contributed by atoms with E-state index in [0.29, 0.717) is 11.9 Å². The van der Waals surface area contributed by atoms with Crippen LogP contribution in [0.3, 0.4) is 0 Å². The van der Waals surface area contributed by atoms with Gasteiger partial charge in [-0.15, -0.1) is 16.4 Å². The van der Waals surface area contributed by atoms with Crippen molar-refractivity contribution in [1.29, 1.82) is 0 Å². The zero-order valence-electron chi connectivity index (χ0n) is 7.89. The topological polar surface area (TPSA) is 63.8 Å². The van der Waals surface area contributed by atoms with Gasteiger partial charge in [0.05, 0.1) is 6.04 Å². The van der Waals surface area contributed by atoms with Crippen LogP contribution in [0.5, 0.6) is 0 Å². The van der Waals surface area contributed by atoms with E-state index >= 15 is 0 Å². The van der Waals surface area contributed by atoms with Gasteiger partial charge in [0.15, 0.2) is 0 Å². The number of hydrogen-bond acceptors (Lipinski definition) is 6. The molecule has 0 aliphatic carbocycles. The third-order valence-corrected chi connectivity index (χ3v) is 2.65. The van der Waals surface area contributed by atoms with Crippen molar-refractivity contribution >= 4 is 17.4 Å². The monoisotopic (exact) mass is 210 g/mol. The van der Waals surface area contributed by atoms with Crippen molar-refractivity contribution in [2.45, 2.75) is 19.9 Å². The summed E-state index contributed by atoms with van der Waals surface area (Å²) < 4.78 is 5.20. The molecule has 0 radical (unpaired) electrons. The van der Waals surface area contributed by atoms with Crippen LogP contribution in [0, 0.1) is 6.92 Å². The van der Waals surface area contributed by atoms with E-state index < -0.39 is 0 Å². The van der Waals surface area contributed by atoms with Crippen molar-refractivity contribution in [2.24, 2.45) is 0 Å². The van der Waals surface area contributed by atoms with Gasteiger partial charge in [-0.2, -0.15) is 0 Å². The molecule has 1 atom stereocenters. The maximum atomic E-state index is 5.20. The highest BCUT2D eigenvalue weighted by atomic mass is 32.1. The highest BCUT2D eigenvalue weighted by molar-refractivity contribution is 7.09. The standard InChI is InChI=1S/C8H10N4OS/c1-5(7-9-3-4-14-7)10-8-12-11-6(2)13-8/h3-5H,1-2H3,(H,10,12). The molecule has 2 aromatic heterocycles. The summed E-state index contributed by atoms with van der Waals surface area (Å²) in [6.07, 6.45) is 1.78. The average Bonchev–Trinajstić information content (AvgIpc) is 2.75. The minimum atomic E-state index is 0.0925. The van der Waals surface area contributed by atoms with Crippen LogP contribution in [0.2, 0.25) is 0 Å². The van der Waals surface area contributed by atoms with Gasteiger partial charge < -0.3 is 9.73 Å². The first-order valence-corrected chi connectivity index (χ1v) is 5.09. The Labute approximate surface area is 85.2 Å². The fourth-order valence-corrected chi connectivity index (χ4v) is 1.70. The number of anilines is 1. The summed E-state index contributed by atoms with van der Waals surface area (Å²) in [7, 11) is 0. The predicted molar refractivity (Wildman–Crippen MR) is 53.2 cm³/mol. The van der Waals surface area contributed by atoms with Gasteiger partial charge in [-0.1, -0.05) is 5.10 Å². The number of hydrogen-bond donors (Lipinski definition) is 1. The van der Waals surface area contributed by atoms with Crippen LogP contribution in [0.25, 0.3) is 0 Å². The molecule has 1 N–H and O–H groups in total. The molecule has 0 bridgehead atoms. The molecule has 1 unspecified atom stereocenters. The van der Waals surface area contributed by atoms with Crippen LogP contribution in [-0.2, 0) is 0 Å². The zero-order valence-corrected chi connectivity index (χ0v) is 8.71. The highest BCUT2D eigenvalue weighted by Crippen LogP contribution is 2.19. The molecular weight excluding hydrogens is 200 g/mol. The van der Waals surface area contributed by atoms with Crippen molar-refractivity contribution in [3.05, 3.63) is 22.5 Å².